The lowest BCUT2D eigenvalue weighted by Crippen LogP contribution is -2.50. The van der Waals surface area contributed by atoms with E-state index in [0.29, 0.717) is 31.9 Å². The molecule has 42 heavy (non-hydrogen) atoms. The summed E-state index contributed by atoms with van der Waals surface area (Å²) < 4.78 is 5.42. The predicted octanol–water partition coefficient (Wildman–Crippen LogP) is 5.11. The van der Waals surface area contributed by atoms with Crippen LogP contribution in [0.5, 0.6) is 5.75 Å². The number of piperidine rings is 1. The van der Waals surface area contributed by atoms with Crippen molar-refractivity contribution >= 4 is 23.3 Å². The third kappa shape index (κ3) is 5.46. The fraction of sp³-hybridized carbons (Fsp3) is 0.333. The van der Waals surface area contributed by atoms with E-state index >= 15 is 0 Å². The van der Waals surface area contributed by atoms with Crippen LogP contribution in [-0.2, 0) is 9.59 Å². The highest BCUT2D eigenvalue weighted by atomic mass is 16.5. The lowest BCUT2D eigenvalue weighted by Gasteiger charge is -2.42. The number of methoxy groups -OCH3 is 1. The van der Waals surface area contributed by atoms with E-state index in [4.69, 9.17) is 4.74 Å². The molecule has 2 aliphatic heterocycles. The number of amides is 2. The van der Waals surface area contributed by atoms with Gasteiger partial charge in [0, 0.05) is 66.7 Å². The van der Waals surface area contributed by atoms with E-state index in [0.717, 1.165) is 35.4 Å². The van der Waals surface area contributed by atoms with Gasteiger partial charge in [0.25, 0.3) is 5.91 Å². The number of nitrogens with zero attached hydrogens (tertiary/aromatic N) is 4. The van der Waals surface area contributed by atoms with Crippen LogP contribution in [0.4, 0.5) is 11.5 Å². The number of aromatic nitrogens is 3. The Bertz CT molecular complexity index is 1520. The topological polar surface area (TPSA) is 103 Å². The Kier molecular flexibility index (Phi) is 7.65. The number of anilines is 2. The smallest absolute Gasteiger partial charge is 0.251 e. The minimum atomic E-state index is -0.458. The summed E-state index contributed by atoms with van der Waals surface area (Å²) in [5.74, 6) is 1.64. The number of likely N-dealkylation sites (tertiary alicyclic amines) is 1. The second-order valence-electron chi connectivity index (χ2n) is 11.4. The predicted molar refractivity (Wildman–Crippen MR) is 162 cm³/mol. The van der Waals surface area contributed by atoms with Gasteiger partial charge in [-0.2, -0.15) is 5.10 Å². The Labute approximate surface area is 245 Å². The van der Waals surface area contributed by atoms with Gasteiger partial charge in [0.05, 0.1) is 13.3 Å². The number of carbonyl (C=O) groups is 2. The number of hydrogen-bond donors (Lipinski definition) is 2. The quantitative estimate of drug-likeness (QED) is 0.308. The summed E-state index contributed by atoms with van der Waals surface area (Å²) in [5.41, 5.74) is 3.51. The number of ether oxygens (including phenoxy) is 1. The lowest BCUT2D eigenvalue weighted by atomic mass is 9.74. The van der Waals surface area contributed by atoms with Crippen molar-refractivity contribution in [2.75, 3.05) is 37.0 Å². The molecule has 4 aromatic rings. The Morgan fingerprint density at radius 2 is 1.88 bits per heavy atom. The second-order valence-corrected chi connectivity index (χ2v) is 11.4. The Morgan fingerprint density at radius 3 is 2.57 bits per heavy atom. The molecule has 0 saturated carbocycles. The molecule has 2 unspecified atom stereocenters. The fourth-order valence-electron chi connectivity index (χ4n) is 6.25. The molecule has 2 atom stereocenters. The van der Waals surface area contributed by atoms with Crippen molar-refractivity contribution in [1.29, 1.82) is 0 Å². The van der Waals surface area contributed by atoms with Crippen molar-refractivity contribution in [3.8, 4) is 16.9 Å². The van der Waals surface area contributed by atoms with Crippen LogP contribution >= 0.6 is 0 Å². The largest absolute Gasteiger partial charge is 0.497 e. The number of carbonyl (C=O) groups excluding carboxylic acids is 2. The van der Waals surface area contributed by atoms with Crippen LogP contribution in [0.2, 0.25) is 0 Å². The van der Waals surface area contributed by atoms with Crippen LogP contribution in [0.3, 0.4) is 0 Å². The molecular formula is C33H36N6O3. The van der Waals surface area contributed by atoms with Crippen LogP contribution in [0.15, 0.2) is 85.3 Å². The van der Waals surface area contributed by atoms with Gasteiger partial charge < -0.3 is 15.0 Å². The molecule has 6 rings (SSSR count). The summed E-state index contributed by atoms with van der Waals surface area (Å²) in [6.07, 6.45) is 7.25. The molecule has 2 fully saturated rings. The number of H-pyrrole nitrogens is 1. The first-order valence-corrected chi connectivity index (χ1v) is 14.5. The van der Waals surface area contributed by atoms with Crippen molar-refractivity contribution < 1.29 is 14.3 Å². The summed E-state index contributed by atoms with van der Waals surface area (Å²) in [4.78, 5) is 35.8. The fourth-order valence-corrected chi connectivity index (χ4v) is 6.25. The molecule has 0 bridgehead atoms. The van der Waals surface area contributed by atoms with Crippen molar-refractivity contribution in [1.82, 2.24) is 20.1 Å². The maximum atomic E-state index is 14.1. The minimum absolute atomic E-state index is 0.0149. The monoisotopic (exact) mass is 564 g/mol. The number of pyridine rings is 1. The zero-order chi connectivity index (χ0) is 29.1. The van der Waals surface area contributed by atoms with E-state index in [-0.39, 0.29) is 23.1 Å². The normalized spacial score (nSPS) is 18.7. The van der Waals surface area contributed by atoms with Gasteiger partial charge in [-0.25, -0.2) is 4.98 Å². The highest BCUT2D eigenvalue weighted by Gasteiger charge is 2.54. The van der Waals surface area contributed by atoms with Gasteiger partial charge in [0.1, 0.15) is 17.6 Å². The van der Waals surface area contributed by atoms with Crippen LogP contribution < -0.4 is 15.0 Å². The number of benzene rings is 2. The van der Waals surface area contributed by atoms with Gasteiger partial charge in [-0.1, -0.05) is 43.3 Å². The Balaban J connectivity index is 1.21. The molecule has 2 aliphatic rings. The molecule has 1 spiro atoms. The molecule has 0 radical (unpaired) electrons. The average molecular weight is 565 g/mol. The zero-order valence-electron chi connectivity index (χ0n) is 24.0. The molecule has 216 valence electrons. The molecule has 0 aliphatic carbocycles. The third-order valence-corrected chi connectivity index (χ3v) is 8.80. The summed E-state index contributed by atoms with van der Waals surface area (Å²) >= 11 is 0. The number of nitrogens with one attached hydrogen (secondary N) is 2. The molecule has 2 aromatic heterocycles. The van der Waals surface area contributed by atoms with Crippen molar-refractivity contribution in [2.24, 2.45) is 5.41 Å². The van der Waals surface area contributed by atoms with Gasteiger partial charge in [-0.3, -0.25) is 19.6 Å². The summed E-state index contributed by atoms with van der Waals surface area (Å²) in [5, 5.41) is 10.4. The first kappa shape index (κ1) is 27.5. The standard InChI is InChI=1S/C33H36N6O3/c1-23(24-7-4-3-5-8-24)17-30(40)38-15-13-33(14-16-38)22-39(29-12-11-25(19-34-29)26-20-35-36-21-26)32(41)31(33)37-27-9-6-10-28(18-27)42-2/h3-12,18-21,23,31,37H,13-17,22H2,1-2H3,(H,35,36). The minimum Gasteiger partial charge on any atom is -0.497 e. The SMILES string of the molecule is COc1cccc(NC2C(=O)N(c3ccc(-c4cn[nH]c4)cn3)CC23CCN(C(=O)CC(C)c2ccccc2)CC3)c1. The zero-order valence-corrected chi connectivity index (χ0v) is 24.0. The Hall–Kier alpha value is -4.66. The van der Waals surface area contributed by atoms with E-state index in [9.17, 15) is 9.59 Å². The van der Waals surface area contributed by atoms with Gasteiger partial charge in [-0.15, -0.1) is 0 Å². The molecule has 9 nitrogen and oxygen atoms in total. The van der Waals surface area contributed by atoms with Crippen LogP contribution in [0.1, 0.15) is 37.7 Å². The second kappa shape index (κ2) is 11.7. The maximum absolute atomic E-state index is 14.1. The molecule has 2 aromatic carbocycles. The van der Waals surface area contributed by atoms with Gasteiger partial charge >= 0.3 is 0 Å². The molecule has 2 N–H and O–H groups in total. The van der Waals surface area contributed by atoms with E-state index < -0.39 is 6.04 Å². The molecule has 2 saturated heterocycles. The summed E-state index contributed by atoms with van der Waals surface area (Å²) in [6, 6.07) is 21.2. The summed E-state index contributed by atoms with van der Waals surface area (Å²) in [7, 11) is 1.63. The van der Waals surface area contributed by atoms with Crippen molar-refractivity contribution in [3.05, 3.63) is 90.9 Å². The lowest BCUT2D eigenvalue weighted by molar-refractivity contribution is -0.133. The van der Waals surface area contributed by atoms with E-state index in [2.05, 4.69) is 39.6 Å². The highest BCUT2D eigenvalue weighted by Crippen LogP contribution is 2.44. The van der Waals surface area contributed by atoms with E-state index in [1.165, 1.54) is 5.56 Å². The van der Waals surface area contributed by atoms with Crippen LogP contribution in [-0.4, -0.2) is 64.7 Å². The maximum Gasteiger partial charge on any atom is 0.251 e. The summed E-state index contributed by atoms with van der Waals surface area (Å²) in [6.45, 7) is 3.87. The van der Waals surface area contributed by atoms with Gasteiger partial charge in [-0.05, 0) is 48.6 Å². The van der Waals surface area contributed by atoms with E-state index in [1.807, 2.05) is 65.7 Å². The third-order valence-electron chi connectivity index (χ3n) is 8.80. The van der Waals surface area contributed by atoms with Crippen LogP contribution in [0.25, 0.3) is 11.1 Å². The van der Waals surface area contributed by atoms with Crippen molar-refractivity contribution in [2.45, 2.75) is 38.1 Å². The number of aromatic amines is 1. The number of hydrogen-bond acceptors (Lipinski definition) is 6. The number of rotatable bonds is 8. The first-order valence-electron chi connectivity index (χ1n) is 14.5. The Morgan fingerprint density at radius 1 is 1.07 bits per heavy atom. The van der Waals surface area contributed by atoms with Gasteiger partial charge in [0.15, 0.2) is 0 Å². The highest BCUT2D eigenvalue weighted by molar-refractivity contribution is 6.01. The van der Waals surface area contributed by atoms with Crippen LogP contribution in [0, 0.1) is 5.41 Å². The molecule has 9 heteroatoms. The van der Waals surface area contributed by atoms with Crippen molar-refractivity contribution in [3.63, 3.8) is 0 Å². The average Bonchev–Trinajstić information content (AvgIpc) is 3.66. The molecule has 4 heterocycles. The molecule has 2 amide bonds. The molecular weight excluding hydrogens is 528 g/mol. The van der Waals surface area contributed by atoms with E-state index in [1.54, 1.807) is 24.4 Å². The van der Waals surface area contributed by atoms with Gasteiger partial charge in [0.2, 0.25) is 5.91 Å². The first-order chi connectivity index (χ1) is 20.5.